The fourth-order valence-corrected chi connectivity index (χ4v) is 5.04. The van der Waals surface area contributed by atoms with Crippen LogP contribution in [0.25, 0.3) is 5.69 Å². The minimum absolute atomic E-state index is 0.0234. The van der Waals surface area contributed by atoms with E-state index in [1.54, 1.807) is 31.2 Å². The van der Waals surface area contributed by atoms with Gasteiger partial charge in [-0.1, -0.05) is 42.5 Å². The van der Waals surface area contributed by atoms with Gasteiger partial charge in [0.05, 0.1) is 18.3 Å². The van der Waals surface area contributed by atoms with Crippen LogP contribution in [0.2, 0.25) is 0 Å². The summed E-state index contributed by atoms with van der Waals surface area (Å²) in [6, 6.07) is 18.3. The molecule has 1 saturated heterocycles. The lowest BCUT2D eigenvalue weighted by atomic mass is 9.91. The van der Waals surface area contributed by atoms with Gasteiger partial charge in [-0.2, -0.15) is 0 Å². The Balaban J connectivity index is 1.39. The molecule has 2 aromatic carbocycles. The second kappa shape index (κ2) is 9.12. The number of carbonyl (C=O) groups is 3. The van der Waals surface area contributed by atoms with Crippen LogP contribution < -0.4 is 5.32 Å². The zero-order valence-electron chi connectivity index (χ0n) is 21.0. The van der Waals surface area contributed by atoms with E-state index in [0.717, 1.165) is 21.9 Å². The maximum absolute atomic E-state index is 13.5. The zero-order chi connectivity index (χ0) is 26.3. The molecule has 0 radical (unpaired) electrons. The highest BCUT2D eigenvalue weighted by atomic mass is 16.2. The summed E-state index contributed by atoms with van der Waals surface area (Å²) in [5.74, 6) is -0.791. The Bertz CT molecular complexity index is 1490. The Hall–Kier alpha value is -4.60. The van der Waals surface area contributed by atoms with Crippen molar-refractivity contribution in [2.45, 2.75) is 39.3 Å². The summed E-state index contributed by atoms with van der Waals surface area (Å²) in [5, 5.41) is 13.9. The van der Waals surface area contributed by atoms with E-state index >= 15 is 0 Å². The van der Waals surface area contributed by atoms with E-state index in [-0.39, 0.29) is 18.4 Å². The quantitative estimate of drug-likeness (QED) is 0.309. The minimum atomic E-state index is -1.33. The van der Waals surface area contributed by atoms with E-state index in [4.69, 9.17) is 0 Å². The van der Waals surface area contributed by atoms with Crippen LogP contribution in [0.3, 0.4) is 0 Å². The summed E-state index contributed by atoms with van der Waals surface area (Å²) in [6.07, 6.45) is 1.44. The normalized spacial score (nSPS) is 18.2. The molecule has 10 nitrogen and oxygen atoms in total. The number of ketones is 1. The molecule has 10 heteroatoms. The molecule has 1 aliphatic rings. The molecule has 1 N–H and O–H groups in total. The van der Waals surface area contributed by atoms with Crippen LogP contribution in [0.4, 0.5) is 4.79 Å². The predicted molar refractivity (Wildman–Crippen MR) is 135 cm³/mol. The Morgan fingerprint density at radius 1 is 1.05 bits per heavy atom. The van der Waals surface area contributed by atoms with E-state index in [1.165, 1.54) is 11.0 Å². The van der Waals surface area contributed by atoms with Crippen LogP contribution in [-0.2, 0) is 10.3 Å². The number of rotatable bonds is 7. The van der Waals surface area contributed by atoms with Gasteiger partial charge in [-0.15, -0.1) is 5.10 Å². The number of imide groups is 1. The van der Waals surface area contributed by atoms with Gasteiger partial charge in [0, 0.05) is 17.0 Å². The predicted octanol–water partition coefficient (Wildman–Crippen LogP) is 3.34. The smallest absolute Gasteiger partial charge is 0.325 e. The number of aromatic nitrogens is 5. The number of benzene rings is 2. The largest absolute Gasteiger partial charge is 0.341 e. The van der Waals surface area contributed by atoms with E-state index < -0.39 is 17.5 Å². The van der Waals surface area contributed by atoms with Crippen molar-refractivity contribution in [1.82, 2.24) is 35.0 Å². The average molecular weight is 498 g/mol. The average Bonchev–Trinajstić information content (AvgIpc) is 3.59. The minimum Gasteiger partial charge on any atom is -0.341 e. The standard InChI is InChI=1S/C27H27N7O3/c1-17-13-23(19(3)34(17)18(2)20-9-6-5-7-10-20)24(35)15-32-25(36)27(4,29-26(32)37)21-11-8-12-22(14-21)33-16-28-30-31-33/h5-14,16,18H,15H2,1-4H3,(H,29,37). The van der Waals surface area contributed by atoms with Crippen LogP contribution in [0.15, 0.2) is 67.0 Å². The first kappa shape index (κ1) is 24.1. The second-order valence-corrected chi connectivity index (χ2v) is 9.42. The van der Waals surface area contributed by atoms with Crippen LogP contribution in [0.1, 0.15) is 52.8 Å². The van der Waals surface area contributed by atoms with Crippen molar-refractivity contribution in [2.24, 2.45) is 0 Å². The van der Waals surface area contributed by atoms with Gasteiger partial charge in [-0.05, 0) is 67.4 Å². The highest BCUT2D eigenvalue weighted by Crippen LogP contribution is 2.31. The van der Waals surface area contributed by atoms with Gasteiger partial charge in [0.15, 0.2) is 5.78 Å². The Morgan fingerprint density at radius 2 is 1.81 bits per heavy atom. The molecule has 0 spiro atoms. The number of hydrogen-bond acceptors (Lipinski definition) is 6. The Labute approximate surface area is 213 Å². The van der Waals surface area contributed by atoms with Crippen LogP contribution in [0, 0.1) is 13.8 Å². The van der Waals surface area contributed by atoms with Gasteiger partial charge in [0.1, 0.15) is 11.9 Å². The number of aryl methyl sites for hydroxylation is 1. The van der Waals surface area contributed by atoms with E-state index in [1.807, 2.05) is 50.2 Å². The molecule has 188 valence electrons. The van der Waals surface area contributed by atoms with Crippen LogP contribution >= 0.6 is 0 Å². The molecule has 2 unspecified atom stereocenters. The van der Waals surface area contributed by atoms with Gasteiger partial charge < -0.3 is 9.88 Å². The summed E-state index contributed by atoms with van der Waals surface area (Å²) in [7, 11) is 0. The number of carbonyl (C=O) groups excluding carboxylic acids is 3. The molecule has 37 heavy (non-hydrogen) atoms. The summed E-state index contributed by atoms with van der Waals surface area (Å²) in [5.41, 5.74) is 3.21. The lowest BCUT2D eigenvalue weighted by Crippen LogP contribution is -2.41. The first-order chi connectivity index (χ1) is 17.7. The Kier molecular flexibility index (Phi) is 5.94. The molecular weight excluding hydrogens is 470 g/mol. The molecule has 2 atom stereocenters. The maximum atomic E-state index is 13.5. The molecule has 4 aromatic rings. The van der Waals surface area contributed by atoms with Crippen molar-refractivity contribution >= 4 is 17.7 Å². The fraction of sp³-hybridized carbons (Fsp3) is 0.259. The van der Waals surface area contributed by atoms with E-state index in [0.29, 0.717) is 16.8 Å². The first-order valence-corrected chi connectivity index (χ1v) is 12.0. The van der Waals surface area contributed by atoms with Gasteiger partial charge in [0.25, 0.3) is 5.91 Å². The summed E-state index contributed by atoms with van der Waals surface area (Å²) < 4.78 is 3.56. The van der Waals surface area contributed by atoms with Crippen molar-refractivity contribution in [1.29, 1.82) is 0 Å². The maximum Gasteiger partial charge on any atom is 0.325 e. The molecule has 0 aliphatic carbocycles. The van der Waals surface area contributed by atoms with Crippen molar-refractivity contribution < 1.29 is 14.4 Å². The highest BCUT2D eigenvalue weighted by molar-refractivity contribution is 6.11. The SMILES string of the molecule is Cc1cc(C(=O)CN2C(=O)NC(C)(c3cccc(-n4cnnn4)c3)C2=O)c(C)n1C(C)c1ccccc1. The monoisotopic (exact) mass is 497 g/mol. The molecule has 1 aliphatic heterocycles. The third-order valence-electron chi connectivity index (χ3n) is 7.07. The van der Waals surface area contributed by atoms with Gasteiger partial charge in [0.2, 0.25) is 0 Å². The molecule has 0 bridgehead atoms. The summed E-state index contributed by atoms with van der Waals surface area (Å²) in [4.78, 5) is 40.8. The third kappa shape index (κ3) is 4.10. The lowest BCUT2D eigenvalue weighted by Gasteiger charge is -2.22. The molecule has 5 rings (SSSR count). The van der Waals surface area contributed by atoms with Gasteiger partial charge in [-0.3, -0.25) is 14.5 Å². The third-order valence-corrected chi connectivity index (χ3v) is 7.07. The Morgan fingerprint density at radius 3 is 2.51 bits per heavy atom. The topological polar surface area (TPSA) is 115 Å². The van der Waals surface area contributed by atoms with E-state index in [2.05, 4.69) is 32.3 Å². The summed E-state index contributed by atoms with van der Waals surface area (Å²) >= 11 is 0. The highest BCUT2D eigenvalue weighted by Gasteiger charge is 2.49. The van der Waals surface area contributed by atoms with Gasteiger partial charge >= 0.3 is 6.03 Å². The number of hydrogen-bond donors (Lipinski definition) is 1. The molecule has 3 amide bonds. The van der Waals surface area contributed by atoms with Crippen molar-refractivity contribution in [3.8, 4) is 5.69 Å². The molecule has 0 saturated carbocycles. The number of amides is 3. The summed E-state index contributed by atoms with van der Waals surface area (Å²) in [6.45, 7) is 7.20. The number of nitrogens with zero attached hydrogens (tertiary/aromatic N) is 6. The number of urea groups is 1. The second-order valence-electron chi connectivity index (χ2n) is 9.42. The molecule has 3 heterocycles. The zero-order valence-corrected chi connectivity index (χ0v) is 21.0. The van der Waals surface area contributed by atoms with E-state index in [9.17, 15) is 14.4 Å². The van der Waals surface area contributed by atoms with Gasteiger partial charge in [-0.25, -0.2) is 9.48 Å². The first-order valence-electron chi connectivity index (χ1n) is 12.0. The van der Waals surface area contributed by atoms with Crippen LogP contribution in [0.5, 0.6) is 0 Å². The van der Waals surface area contributed by atoms with Crippen molar-refractivity contribution in [2.75, 3.05) is 6.54 Å². The molecule has 1 fully saturated rings. The van der Waals surface area contributed by atoms with Crippen molar-refractivity contribution in [3.63, 3.8) is 0 Å². The van der Waals surface area contributed by atoms with Crippen LogP contribution in [-0.4, -0.2) is 53.9 Å². The van der Waals surface area contributed by atoms with Crippen molar-refractivity contribution in [3.05, 3.63) is 95.1 Å². The molecular formula is C27H27N7O3. The molecule has 2 aromatic heterocycles. The number of tetrazole rings is 1. The number of nitrogens with one attached hydrogen (secondary N) is 1. The lowest BCUT2D eigenvalue weighted by molar-refractivity contribution is -0.130. The fourth-order valence-electron chi connectivity index (χ4n) is 5.04. The number of Topliss-reactive ketones (excluding diaryl/α,β-unsaturated/α-hetero) is 1.